The van der Waals surface area contributed by atoms with Crippen molar-refractivity contribution in [2.75, 3.05) is 13.1 Å². The second kappa shape index (κ2) is 15.0. The Labute approximate surface area is 292 Å². The van der Waals surface area contributed by atoms with Gasteiger partial charge in [0.05, 0.1) is 13.2 Å². The molecule has 0 aliphatic carbocycles. The fraction of sp³-hybridized carbons (Fsp3) is 0.525. The number of aryl methyl sites for hydroxylation is 1. The molecule has 2 N–H and O–H groups in total. The van der Waals surface area contributed by atoms with Crippen molar-refractivity contribution < 1.29 is 33.0 Å². The minimum Gasteiger partial charge on any atom is -0.444 e. The number of ether oxygens (including phenoxy) is 1. The summed E-state index contributed by atoms with van der Waals surface area (Å²) in [5.41, 5.74) is 3.90. The number of aliphatic hydroxyl groups is 2. The first kappa shape index (κ1) is 38.7. The number of hydrogen-bond acceptors (Lipinski definition) is 5. The molecule has 2 atom stereocenters. The van der Waals surface area contributed by atoms with Gasteiger partial charge in [0, 0.05) is 19.0 Å². The lowest BCUT2D eigenvalue weighted by Gasteiger charge is -2.46. The van der Waals surface area contributed by atoms with Crippen molar-refractivity contribution in [3.8, 4) is 11.1 Å². The maximum Gasteiger partial charge on any atom is 0.410 e. The highest BCUT2D eigenvalue weighted by molar-refractivity contribution is 6.77. The highest BCUT2D eigenvalue weighted by Gasteiger charge is 2.48. The second-order valence-electron chi connectivity index (χ2n) is 15.6. The molecule has 0 radical (unpaired) electrons. The van der Waals surface area contributed by atoms with Crippen molar-refractivity contribution >= 4 is 14.4 Å². The average Bonchev–Trinajstić information content (AvgIpc) is 3.01. The summed E-state index contributed by atoms with van der Waals surface area (Å²) in [4.78, 5) is 14.8. The molecule has 9 heteroatoms. The van der Waals surface area contributed by atoms with Crippen LogP contribution in [-0.2, 0) is 28.0 Å². The topological polar surface area (TPSA) is 79.2 Å². The molecule has 3 aromatic rings. The van der Waals surface area contributed by atoms with E-state index in [1.54, 1.807) is 25.7 Å². The number of hydrogen-bond donors (Lipinski definition) is 2. The van der Waals surface area contributed by atoms with E-state index in [1.807, 2.05) is 31.2 Å². The molecule has 49 heavy (non-hydrogen) atoms. The Kier molecular flexibility index (Phi) is 11.9. The molecule has 0 unspecified atom stereocenters. The molecule has 1 heterocycles. The van der Waals surface area contributed by atoms with E-state index in [-0.39, 0.29) is 30.6 Å². The van der Waals surface area contributed by atoms with Crippen molar-refractivity contribution in [1.29, 1.82) is 0 Å². The van der Waals surface area contributed by atoms with Crippen LogP contribution in [0.4, 0.5) is 13.6 Å². The summed E-state index contributed by atoms with van der Waals surface area (Å²) in [5.74, 6) is -2.94. The molecule has 1 aliphatic rings. The van der Waals surface area contributed by atoms with E-state index in [1.165, 1.54) is 0 Å². The van der Waals surface area contributed by atoms with Gasteiger partial charge in [0.1, 0.15) is 11.2 Å². The molecule has 3 aromatic carbocycles. The molecule has 0 saturated carbocycles. The largest absolute Gasteiger partial charge is 0.444 e. The maximum absolute atomic E-state index is 14.7. The van der Waals surface area contributed by atoms with Gasteiger partial charge in [0.15, 0.2) is 11.6 Å². The Morgan fingerprint density at radius 1 is 0.959 bits per heavy atom. The van der Waals surface area contributed by atoms with Gasteiger partial charge in [-0.2, -0.15) is 0 Å². The van der Waals surface area contributed by atoms with Crippen molar-refractivity contribution in [3.63, 3.8) is 0 Å². The molecular formula is C40H55F2NO5Si. The normalized spacial score (nSPS) is 18.9. The third kappa shape index (κ3) is 7.95. The zero-order valence-corrected chi connectivity index (χ0v) is 31.9. The van der Waals surface area contributed by atoms with E-state index in [2.05, 4.69) is 59.7 Å². The standard InChI is InChI=1S/C40H55F2NO5Si/c1-25(2)49(26(3)4,27(5)6)47-24-30-13-11-12-14-33(30)29-15-16-32(28(7)19-29)35-22-43(38(45)48-39(8,9)10)18-17-40(35,46)34-21-37(42)36(41)20-31(34)23-44/h11-16,19-21,25-27,35,44,46H,17-18,22-24H2,1-10H3/t35-,40+/m1/s1. The first-order valence-electron chi connectivity index (χ1n) is 17.5. The number of halogens is 2. The molecular weight excluding hydrogens is 641 g/mol. The first-order chi connectivity index (χ1) is 22.8. The Balaban J connectivity index is 1.77. The van der Waals surface area contributed by atoms with Gasteiger partial charge >= 0.3 is 6.09 Å². The molecule has 1 saturated heterocycles. The Hall–Kier alpha value is -3.11. The van der Waals surface area contributed by atoms with Crippen LogP contribution in [0.25, 0.3) is 11.1 Å². The van der Waals surface area contributed by atoms with Crippen molar-refractivity contribution in [2.45, 2.75) is 123 Å². The summed E-state index contributed by atoms with van der Waals surface area (Å²) in [6.07, 6.45) is -0.483. The van der Waals surface area contributed by atoms with Crippen LogP contribution in [0, 0.1) is 18.6 Å². The Bertz CT molecular complexity index is 1610. The molecule has 1 fully saturated rings. The number of rotatable bonds is 10. The first-order valence-corrected chi connectivity index (χ1v) is 19.6. The Morgan fingerprint density at radius 3 is 2.14 bits per heavy atom. The highest BCUT2D eigenvalue weighted by atomic mass is 28.4. The summed E-state index contributed by atoms with van der Waals surface area (Å²) in [6, 6.07) is 16.2. The van der Waals surface area contributed by atoms with Crippen molar-refractivity contribution in [3.05, 3.63) is 94.0 Å². The number of piperidine rings is 1. The lowest BCUT2D eigenvalue weighted by molar-refractivity contribution is -0.0541. The van der Waals surface area contributed by atoms with Gasteiger partial charge in [-0.15, -0.1) is 0 Å². The van der Waals surface area contributed by atoms with E-state index in [4.69, 9.17) is 9.16 Å². The monoisotopic (exact) mass is 695 g/mol. The smallest absolute Gasteiger partial charge is 0.410 e. The number of carbonyl (C=O) groups is 1. The van der Waals surface area contributed by atoms with Crippen LogP contribution in [0.15, 0.2) is 54.6 Å². The highest BCUT2D eigenvalue weighted by Crippen LogP contribution is 2.47. The number of carbonyl (C=O) groups excluding carboxylic acids is 1. The predicted molar refractivity (Wildman–Crippen MR) is 194 cm³/mol. The molecule has 1 amide bonds. The van der Waals surface area contributed by atoms with Crippen LogP contribution in [-0.4, -0.2) is 48.2 Å². The number of benzene rings is 3. The summed E-state index contributed by atoms with van der Waals surface area (Å²) >= 11 is 0. The maximum atomic E-state index is 14.7. The summed E-state index contributed by atoms with van der Waals surface area (Å²) < 4.78 is 41.6. The lowest BCUT2D eigenvalue weighted by Crippen LogP contribution is -2.52. The second-order valence-corrected chi connectivity index (χ2v) is 21.0. The minimum absolute atomic E-state index is 0.0313. The quantitative estimate of drug-likeness (QED) is 0.207. The summed E-state index contributed by atoms with van der Waals surface area (Å²) in [7, 11) is -2.11. The van der Waals surface area contributed by atoms with Gasteiger partial charge in [0.2, 0.25) is 8.32 Å². The molecule has 4 rings (SSSR count). The van der Waals surface area contributed by atoms with Crippen LogP contribution < -0.4 is 0 Å². The van der Waals surface area contributed by atoms with Gasteiger partial charge < -0.3 is 24.3 Å². The van der Waals surface area contributed by atoms with E-state index in [0.29, 0.717) is 23.2 Å². The van der Waals surface area contributed by atoms with E-state index in [0.717, 1.165) is 39.9 Å². The van der Waals surface area contributed by atoms with E-state index in [9.17, 15) is 23.8 Å². The average molecular weight is 696 g/mol. The van der Waals surface area contributed by atoms with Gasteiger partial charge in [-0.25, -0.2) is 13.6 Å². The van der Waals surface area contributed by atoms with E-state index >= 15 is 0 Å². The van der Waals surface area contributed by atoms with E-state index < -0.39 is 49.8 Å². The van der Waals surface area contributed by atoms with Crippen molar-refractivity contribution in [1.82, 2.24) is 4.90 Å². The predicted octanol–water partition coefficient (Wildman–Crippen LogP) is 9.74. The molecule has 6 nitrogen and oxygen atoms in total. The zero-order chi connectivity index (χ0) is 36.5. The minimum atomic E-state index is -2.11. The number of nitrogens with zero attached hydrogens (tertiary/aromatic N) is 1. The summed E-state index contributed by atoms with van der Waals surface area (Å²) in [6.45, 7) is 21.1. The van der Waals surface area contributed by atoms with Crippen LogP contribution >= 0.6 is 0 Å². The molecule has 0 spiro atoms. The SMILES string of the molecule is Cc1cc(-c2ccccc2CO[Si](C(C)C)(C(C)C)C(C)C)ccc1[C@H]1CN(C(=O)OC(C)(C)C)CC[C@]1(O)c1cc(F)c(F)cc1CO. The van der Waals surface area contributed by atoms with Crippen LogP contribution in [0.3, 0.4) is 0 Å². The van der Waals surface area contributed by atoms with Crippen molar-refractivity contribution in [2.24, 2.45) is 0 Å². The molecule has 0 aromatic heterocycles. The third-order valence-electron chi connectivity index (χ3n) is 10.3. The van der Waals surface area contributed by atoms with Gasteiger partial charge in [-0.3, -0.25) is 0 Å². The number of likely N-dealkylation sites (tertiary alicyclic amines) is 1. The van der Waals surface area contributed by atoms with Gasteiger partial charge in [-0.1, -0.05) is 84.0 Å². The molecule has 1 aliphatic heterocycles. The Morgan fingerprint density at radius 2 is 1.57 bits per heavy atom. The van der Waals surface area contributed by atoms with Gasteiger partial charge in [-0.05, 0) is 102 Å². The van der Waals surface area contributed by atoms with Crippen LogP contribution in [0.1, 0.15) is 102 Å². The fourth-order valence-electron chi connectivity index (χ4n) is 8.10. The third-order valence-corrected chi connectivity index (χ3v) is 16.4. The van der Waals surface area contributed by atoms with Crippen LogP contribution in [0.2, 0.25) is 16.6 Å². The number of aliphatic hydroxyl groups excluding tert-OH is 1. The lowest BCUT2D eigenvalue weighted by atomic mass is 9.70. The molecule has 268 valence electrons. The number of amides is 1. The molecule has 0 bridgehead atoms. The van der Waals surface area contributed by atoms with Crippen LogP contribution in [0.5, 0.6) is 0 Å². The summed E-state index contributed by atoms with van der Waals surface area (Å²) in [5, 5.41) is 22.6. The fourth-order valence-corrected chi connectivity index (χ4v) is 13.5. The van der Waals surface area contributed by atoms with Gasteiger partial charge in [0.25, 0.3) is 0 Å². The zero-order valence-electron chi connectivity index (χ0n) is 30.9.